The fraction of sp³-hybridized carbons (Fsp3) is 0.294. The molecular weight excluding hydrogens is 264 g/mol. The Morgan fingerprint density at radius 2 is 1.90 bits per heavy atom. The number of nitrogens with one attached hydrogen (secondary N) is 1. The van der Waals surface area contributed by atoms with Gasteiger partial charge in [0.15, 0.2) is 0 Å². The molecule has 4 heteroatoms. The zero-order valence-electron chi connectivity index (χ0n) is 12.2. The molecule has 0 aliphatic carbocycles. The molecule has 0 fully saturated rings. The summed E-state index contributed by atoms with van der Waals surface area (Å²) in [5.41, 5.74) is 2.43. The van der Waals surface area contributed by atoms with Crippen LogP contribution in [0.2, 0.25) is 0 Å². The summed E-state index contributed by atoms with van der Waals surface area (Å²) in [6.07, 6.45) is 1.04. The molecule has 0 saturated carbocycles. The first-order chi connectivity index (χ1) is 10.2. The molecule has 21 heavy (non-hydrogen) atoms. The topological polar surface area (TPSA) is 55.2 Å². The van der Waals surface area contributed by atoms with Gasteiger partial charge in [0.2, 0.25) is 0 Å². The quantitative estimate of drug-likeness (QED) is 0.477. The molecule has 4 nitrogen and oxygen atoms in total. The molecule has 0 amide bonds. The van der Waals surface area contributed by atoms with E-state index < -0.39 is 0 Å². The zero-order chi connectivity index (χ0) is 15.1. The first kappa shape index (κ1) is 15.2. The Kier molecular flexibility index (Phi) is 5.46. The highest BCUT2D eigenvalue weighted by molar-refractivity contribution is 5.34. The van der Waals surface area contributed by atoms with E-state index in [9.17, 15) is 10.1 Å². The standard InChI is InChI=1S/C17H20N2O2/c1-14(16-7-3-2-4-8-16)10-11-18-13-15-6-5-9-17(12-15)19(20)21/h2-9,12,14,18H,10-11,13H2,1H3. The molecule has 110 valence electrons. The number of nitro benzene ring substituents is 1. The van der Waals surface area contributed by atoms with E-state index in [0.29, 0.717) is 12.5 Å². The summed E-state index contributed by atoms with van der Waals surface area (Å²) in [4.78, 5) is 10.4. The Bertz CT molecular complexity index is 584. The van der Waals surface area contributed by atoms with Crippen LogP contribution >= 0.6 is 0 Å². The van der Waals surface area contributed by atoms with Gasteiger partial charge in [0.05, 0.1) is 4.92 Å². The molecule has 0 aromatic heterocycles. The molecule has 2 rings (SSSR count). The van der Waals surface area contributed by atoms with Crippen molar-refractivity contribution in [2.45, 2.75) is 25.8 Å². The minimum absolute atomic E-state index is 0.145. The van der Waals surface area contributed by atoms with Crippen LogP contribution in [0.4, 0.5) is 5.69 Å². The van der Waals surface area contributed by atoms with Crippen LogP contribution < -0.4 is 5.32 Å². The second-order valence-corrected chi connectivity index (χ2v) is 5.20. The molecule has 0 radical (unpaired) electrons. The van der Waals surface area contributed by atoms with Crippen molar-refractivity contribution < 1.29 is 4.92 Å². The minimum Gasteiger partial charge on any atom is -0.313 e. The maximum atomic E-state index is 10.7. The molecule has 0 bridgehead atoms. The van der Waals surface area contributed by atoms with Gasteiger partial charge in [-0.3, -0.25) is 10.1 Å². The number of hydrogen-bond acceptors (Lipinski definition) is 3. The third kappa shape index (κ3) is 4.68. The highest BCUT2D eigenvalue weighted by Crippen LogP contribution is 2.17. The van der Waals surface area contributed by atoms with Crippen LogP contribution in [0.1, 0.15) is 30.4 Å². The lowest BCUT2D eigenvalue weighted by Crippen LogP contribution is -2.16. The van der Waals surface area contributed by atoms with Gasteiger partial charge in [-0.25, -0.2) is 0 Å². The van der Waals surface area contributed by atoms with E-state index in [1.54, 1.807) is 12.1 Å². The lowest BCUT2D eigenvalue weighted by molar-refractivity contribution is -0.384. The van der Waals surface area contributed by atoms with Crippen LogP contribution in [0.3, 0.4) is 0 Å². The summed E-state index contributed by atoms with van der Waals surface area (Å²) in [7, 11) is 0. The molecule has 1 N–H and O–H groups in total. The summed E-state index contributed by atoms with van der Waals surface area (Å²) in [5.74, 6) is 0.504. The molecule has 0 saturated heterocycles. The summed E-state index contributed by atoms with van der Waals surface area (Å²) in [6.45, 7) is 3.76. The van der Waals surface area contributed by atoms with E-state index in [0.717, 1.165) is 18.5 Å². The minimum atomic E-state index is -0.360. The van der Waals surface area contributed by atoms with Crippen LogP contribution in [-0.4, -0.2) is 11.5 Å². The van der Waals surface area contributed by atoms with Gasteiger partial charge in [0.1, 0.15) is 0 Å². The third-order valence-electron chi connectivity index (χ3n) is 3.57. The van der Waals surface area contributed by atoms with E-state index in [4.69, 9.17) is 0 Å². The largest absolute Gasteiger partial charge is 0.313 e. The van der Waals surface area contributed by atoms with Gasteiger partial charge in [-0.15, -0.1) is 0 Å². The Morgan fingerprint density at radius 3 is 2.62 bits per heavy atom. The van der Waals surface area contributed by atoms with Crippen LogP contribution in [-0.2, 0) is 6.54 Å². The van der Waals surface area contributed by atoms with Crippen molar-refractivity contribution in [1.29, 1.82) is 0 Å². The van der Waals surface area contributed by atoms with Crippen molar-refractivity contribution >= 4 is 5.69 Å². The SMILES string of the molecule is CC(CCNCc1cccc([N+](=O)[O-])c1)c1ccccc1. The smallest absolute Gasteiger partial charge is 0.269 e. The first-order valence-electron chi connectivity index (χ1n) is 7.16. The Morgan fingerprint density at radius 1 is 1.14 bits per heavy atom. The van der Waals surface area contributed by atoms with Gasteiger partial charge >= 0.3 is 0 Å². The summed E-state index contributed by atoms with van der Waals surface area (Å²) in [5, 5.41) is 14.1. The van der Waals surface area contributed by atoms with Crippen molar-refractivity contribution in [2.75, 3.05) is 6.54 Å². The summed E-state index contributed by atoms with van der Waals surface area (Å²) in [6, 6.07) is 17.2. The van der Waals surface area contributed by atoms with Crippen LogP contribution in [0, 0.1) is 10.1 Å². The number of benzene rings is 2. The van der Waals surface area contributed by atoms with E-state index in [2.05, 4.69) is 36.5 Å². The first-order valence-corrected chi connectivity index (χ1v) is 7.16. The zero-order valence-corrected chi connectivity index (χ0v) is 12.2. The molecule has 2 aromatic rings. The van der Waals surface area contributed by atoms with E-state index in [1.807, 2.05) is 12.1 Å². The second-order valence-electron chi connectivity index (χ2n) is 5.20. The van der Waals surface area contributed by atoms with Crippen LogP contribution in [0.15, 0.2) is 54.6 Å². The molecule has 0 aliphatic heterocycles. The van der Waals surface area contributed by atoms with Crippen LogP contribution in [0.5, 0.6) is 0 Å². The van der Waals surface area contributed by atoms with Crippen molar-refractivity contribution in [1.82, 2.24) is 5.32 Å². The van der Waals surface area contributed by atoms with Crippen molar-refractivity contribution in [3.63, 3.8) is 0 Å². The van der Waals surface area contributed by atoms with E-state index in [-0.39, 0.29) is 10.6 Å². The Balaban J connectivity index is 1.77. The average Bonchev–Trinajstić information content (AvgIpc) is 2.52. The maximum absolute atomic E-state index is 10.7. The molecule has 1 atom stereocenters. The van der Waals surface area contributed by atoms with Crippen molar-refractivity contribution in [3.8, 4) is 0 Å². The number of non-ortho nitro benzene ring substituents is 1. The fourth-order valence-electron chi connectivity index (χ4n) is 2.28. The van der Waals surface area contributed by atoms with Gasteiger partial charge in [0.25, 0.3) is 5.69 Å². The Labute approximate surface area is 125 Å². The lowest BCUT2D eigenvalue weighted by Gasteiger charge is -2.12. The molecule has 1 unspecified atom stereocenters. The summed E-state index contributed by atoms with van der Waals surface area (Å²) < 4.78 is 0. The maximum Gasteiger partial charge on any atom is 0.269 e. The highest BCUT2D eigenvalue weighted by Gasteiger charge is 2.06. The normalized spacial score (nSPS) is 12.0. The monoisotopic (exact) mass is 284 g/mol. The van der Waals surface area contributed by atoms with Gasteiger partial charge in [0, 0.05) is 18.7 Å². The molecular formula is C17H20N2O2. The predicted octanol–water partition coefficient (Wildman–Crippen LogP) is 3.88. The van der Waals surface area contributed by atoms with Gasteiger partial charge in [-0.2, -0.15) is 0 Å². The third-order valence-corrected chi connectivity index (χ3v) is 3.57. The molecule has 0 aliphatic rings. The Hall–Kier alpha value is -2.20. The number of nitro groups is 1. The highest BCUT2D eigenvalue weighted by atomic mass is 16.6. The molecule has 0 heterocycles. The number of rotatable bonds is 7. The van der Waals surface area contributed by atoms with Gasteiger partial charge in [-0.05, 0) is 30.0 Å². The van der Waals surface area contributed by atoms with Gasteiger partial charge in [-0.1, -0.05) is 49.4 Å². The second kappa shape index (κ2) is 7.55. The van der Waals surface area contributed by atoms with Crippen molar-refractivity contribution in [3.05, 3.63) is 75.8 Å². The molecule has 0 spiro atoms. The number of hydrogen-bond donors (Lipinski definition) is 1. The molecule has 2 aromatic carbocycles. The summed E-state index contributed by atoms with van der Waals surface area (Å²) >= 11 is 0. The fourth-order valence-corrected chi connectivity index (χ4v) is 2.28. The van der Waals surface area contributed by atoms with Crippen molar-refractivity contribution in [2.24, 2.45) is 0 Å². The number of nitrogens with zero attached hydrogens (tertiary/aromatic N) is 1. The van der Waals surface area contributed by atoms with E-state index >= 15 is 0 Å². The van der Waals surface area contributed by atoms with E-state index in [1.165, 1.54) is 11.6 Å². The average molecular weight is 284 g/mol. The van der Waals surface area contributed by atoms with Crippen LogP contribution in [0.25, 0.3) is 0 Å². The van der Waals surface area contributed by atoms with Gasteiger partial charge < -0.3 is 5.32 Å². The predicted molar refractivity (Wildman–Crippen MR) is 84.3 cm³/mol. The lowest BCUT2D eigenvalue weighted by atomic mass is 9.98.